The zero-order valence-electron chi connectivity index (χ0n) is 19.4. The Hall–Kier alpha value is -4.75. The van der Waals surface area contributed by atoms with Crippen LogP contribution in [0, 0.1) is 21.4 Å². The molecule has 0 radical (unpaired) electrons. The topological polar surface area (TPSA) is 143 Å². The van der Waals surface area contributed by atoms with Gasteiger partial charge in [-0.1, -0.05) is 24.3 Å². The van der Waals surface area contributed by atoms with E-state index in [9.17, 15) is 25.3 Å². The summed E-state index contributed by atoms with van der Waals surface area (Å²) >= 11 is 0. The molecule has 0 unspecified atom stereocenters. The van der Waals surface area contributed by atoms with Gasteiger partial charge in [-0.3, -0.25) is 14.9 Å². The quantitative estimate of drug-likeness (QED) is 0.273. The summed E-state index contributed by atoms with van der Waals surface area (Å²) in [5.74, 6) is 0.0387. The van der Waals surface area contributed by atoms with Crippen LogP contribution >= 0.6 is 0 Å². The van der Waals surface area contributed by atoms with Gasteiger partial charge in [0, 0.05) is 42.2 Å². The van der Waals surface area contributed by atoms with Gasteiger partial charge in [-0.15, -0.1) is 0 Å². The molecule has 1 amide bonds. The number of rotatable bonds is 9. The average Bonchev–Trinajstić information content (AvgIpc) is 3.33. The minimum Gasteiger partial charge on any atom is -0.495 e. The molecular weight excluding hydrogens is 462 g/mol. The van der Waals surface area contributed by atoms with Crippen molar-refractivity contribution in [1.82, 2.24) is 14.7 Å². The molecule has 2 heterocycles. The van der Waals surface area contributed by atoms with Crippen LogP contribution in [0.2, 0.25) is 0 Å². The number of amides is 1. The molecule has 0 aliphatic rings. The fraction of sp³-hybridized carbons (Fsp3) is 0.192. The van der Waals surface area contributed by atoms with Gasteiger partial charge in [0.05, 0.1) is 23.3 Å². The third-order valence-corrected chi connectivity index (χ3v) is 5.79. The van der Waals surface area contributed by atoms with E-state index in [-0.39, 0.29) is 35.5 Å². The number of aliphatic hydroxyl groups excluding tert-OH is 1. The van der Waals surface area contributed by atoms with Crippen molar-refractivity contribution in [2.45, 2.75) is 18.9 Å². The first-order valence-corrected chi connectivity index (χ1v) is 11.1. The molecule has 10 heteroatoms. The second kappa shape index (κ2) is 10.7. The number of nitrogens with one attached hydrogen (secondary N) is 1. The number of methoxy groups -OCH3 is 1. The summed E-state index contributed by atoms with van der Waals surface area (Å²) in [6.45, 7) is -0.102. The highest BCUT2D eigenvalue weighted by Crippen LogP contribution is 2.25. The summed E-state index contributed by atoms with van der Waals surface area (Å²) < 4.78 is 6.74. The van der Waals surface area contributed by atoms with Crippen LogP contribution in [0.15, 0.2) is 67.0 Å². The van der Waals surface area contributed by atoms with Gasteiger partial charge in [0.1, 0.15) is 11.8 Å². The fourth-order valence-electron chi connectivity index (χ4n) is 3.96. The predicted octanol–water partition coefficient (Wildman–Crippen LogP) is 3.51. The van der Waals surface area contributed by atoms with Gasteiger partial charge in [-0.2, -0.15) is 5.26 Å². The third-order valence-electron chi connectivity index (χ3n) is 5.79. The maximum atomic E-state index is 12.8. The largest absolute Gasteiger partial charge is 0.495 e. The van der Waals surface area contributed by atoms with Crippen LogP contribution in [-0.4, -0.2) is 45.1 Å². The van der Waals surface area contributed by atoms with E-state index in [1.54, 1.807) is 35.0 Å². The van der Waals surface area contributed by atoms with Crippen LogP contribution in [0.5, 0.6) is 5.75 Å². The molecule has 4 aromatic rings. The number of carbonyl (C=O) groups excluding carboxylic acids is 1. The van der Waals surface area contributed by atoms with Crippen molar-refractivity contribution in [3.05, 3.63) is 93.8 Å². The number of ether oxygens (including phenoxy) is 1. The van der Waals surface area contributed by atoms with Crippen molar-refractivity contribution in [3.63, 3.8) is 0 Å². The van der Waals surface area contributed by atoms with Crippen LogP contribution in [-0.2, 0) is 6.42 Å². The Morgan fingerprint density at radius 3 is 2.72 bits per heavy atom. The lowest BCUT2D eigenvalue weighted by Gasteiger charge is -2.18. The van der Waals surface area contributed by atoms with Crippen LogP contribution in [0.4, 0.5) is 5.69 Å². The molecule has 36 heavy (non-hydrogen) atoms. The number of aromatic nitrogens is 2. The van der Waals surface area contributed by atoms with Gasteiger partial charge in [0.2, 0.25) is 5.65 Å². The molecule has 0 spiro atoms. The molecule has 10 nitrogen and oxygen atoms in total. The number of imidazole rings is 1. The Labute approximate surface area is 206 Å². The Kier molecular flexibility index (Phi) is 7.23. The zero-order valence-corrected chi connectivity index (χ0v) is 19.4. The zero-order chi connectivity index (χ0) is 25.7. The van der Waals surface area contributed by atoms with Crippen molar-refractivity contribution >= 4 is 17.2 Å². The molecule has 2 N–H and O–H groups in total. The Balaban J connectivity index is 1.49. The highest BCUT2D eigenvalue weighted by molar-refractivity contribution is 5.95. The summed E-state index contributed by atoms with van der Waals surface area (Å²) in [6, 6.07) is 16.8. The number of benzene rings is 2. The van der Waals surface area contributed by atoms with E-state index in [0.717, 1.165) is 11.1 Å². The molecule has 0 fully saturated rings. The number of nitrogens with zero attached hydrogens (tertiary/aromatic N) is 4. The molecule has 0 aliphatic heterocycles. The first-order chi connectivity index (χ1) is 17.4. The molecule has 0 saturated heterocycles. The summed E-state index contributed by atoms with van der Waals surface area (Å²) in [5, 5.41) is 33.0. The second-order valence-electron chi connectivity index (χ2n) is 8.12. The molecule has 2 aromatic heterocycles. The van der Waals surface area contributed by atoms with Crippen LogP contribution in [0.3, 0.4) is 0 Å². The number of pyridine rings is 1. The van der Waals surface area contributed by atoms with Crippen LogP contribution in [0.25, 0.3) is 16.9 Å². The minimum absolute atomic E-state index is 0.0679. The highest BCUT2D eigenvalue weighted by atomic mass is 16.6. The summed E-state index contributed by atoms with van der Waals surface area (Å²) in [6.07, 6.45) is 4.27. The smallest absolute Gasteiger partial charge is 0.312 e. The average molecular weight is 486 g/mol. The lowest BCUT2D eigenvalue weighted by atomic mass is 10.0. The molecule has 0 aliphatic carbocycles. The lowest BCUT2D eigenvalue weighted by molar-refractivity contribution is -0.383. The van der Waals surface area contributed by atoms with E-state index in [1.165, 1.54) is 19.2 Å². The number of aliphatic hydroxyl groups is 1. The standard InChI is InChI=1S/C26H23N5O5/c1-36-24-9-8-19(14-20(24)15-27)26(33)28-21(10-12-32)13-17-4-6-18(7-5-17)22-16-30-11-2-3-23(31(34)35)25(30)29-22/h2-9,11,14,16,21,32H,10,12-13H2,1H3,(H,28,33)/t21-/m1/s1. The van der Waals surface area contributed by atoms with E-state index in [2.05, 4.69) is 10.3 Å². The second-order valence-corrected chi connectivity index (χ2v) is 8.12. The first-order valence-electron chi connectivity index (χ1n) is 11.1. The number of nitro groups is 1. The first kappa shape index (κ1) is 24.4. The van der Waals surface area contributed by atoms with Gasteiger partial charge in [-0.25, -0.2) is 4.98 Å². The highest BCUT2D eigenvalue weighted by Gasteiger charge is 2.18. The molecule has 4 rings (SSSR count). The van der Waals surface area contributed by atoms with E-state index in [4.69, 9.17) is 4.74 Å². The van der Waals surface area contributed by atoms with Crippen molar-refractivity contribution in [2.24, 2.45) is 0 Å². The van der Waals surface area contributed by atoms with Gasteiger partial charge in [0.15, 0.2) is 0 Å². The Morgan fingerprint density at radius 2 is 2.06 bits per heavy atom. The Bertz CT molecular complexity index is 1460. The van der Waals surface area contributed by atoms with Crippen molar-refractivity contribution in [1.29, 1.82) is 5.26 Å². The maximum absolute atomic E-state index is 12.8. The van der Waals surface area contributed by atoms with Crippen LogP contribution < -0.4 is 10.1 Å². The lowest BCUT2D eigenvalue weighted by Crippen LogP contribution is -2.37. The number of fused-ring (bicyclic) bond motifs is 1. The van der Waals surface area contributed by atoms with Gasteiger partial charge in [0.25, 0.3) is 5.91 Å². The summed E-state index contributed by atoms with van der Waals surface area (Å²) in [4.78, 5) is 28.0. The molecule has 2 aromatic carbocycles. The number of hydrogen-bond acceptors (Lipinski definition) is 7. The summed E-state index contributed by atoms with van der Waals surface area (Å²) in [5.41, 5.74) is 3.11. The monoisotopic (exact) mass is 485 g/mol. The maximum Gasteiger partial charge on any atom is 0.312 e. The normalized spacial score (nSPS) is 11.6. The van der Waals surface area contributed by atoms with Crippen molar-refractivity contribution in [2.75, 3.05) is 13.7 Å². The molecule has 0 bridgehead atoms. The SMILES string of the molecule is COc1ccc(C(=O)N[C@H](CCO)Cc2ccc(-c3cn4cccc([N+](=O)[O-])c4n3)cc2)cc1C#N. The van der Waals surface area contributed by atoms with E-state index >= 15 is 0 Å². The van der Waals surface area contributed by atoms with Crippen molar-refractivity contribution < 1.29 is 19.6 Å². The number of hydrogen-bond donors (Lipinski definition) is 2. The Morgan fingerprint density at radius 1 is 1.28 bits per heavy atom. The van der Waals surface area contributed by atoms with E-state index in [1.807, 2.05) is 30.3 Å². The van der Waals surface area contributed by atoms with E-state index in [0.29, 0.717) is 29.8 Å². The van der Waals surface area contributed by atoms with E-state index < -0.39 is 4.92 Å². The number of nitriles is 1. The predicted molar refractivity (Wildman–Crippen MR) is 132 cm³/mol. The summed E-state index contributed by atoms with van der Waals surface area (Å²) in [7, 11) is 1.46. The number of carbonyl (C=O) groups is 1. The molecule has 1 atom stereocenters. The van der Waals surface area contributed by atoms with Crippen molar-refractivity contribution in [3.8, 4) is 23.1 Å². The molecular formula is C26H23N5O5. The minimum atomic E-state index is -0.460. The van der Waals surface area contributed by atoms with Gasteiger partial charge >= 0.3 is 5.69 Å². The molecule has 182 valence electrons. The van der Waals surface area contributed by atoms with Gasteiger partial charge < -0.3 is 19.6 Å². The third kappa shape index (κ3) is 5.16. The van der Waals surface area contributed by atoms with Gasteiger partial charge in [-0.05, 0) is 42.7 Å². The fourth-order valence-corrected chi connectivity index (χ4v) is 3.96. The molecule has 0 saturated carbocycles. The van der Waals surface area contributed by atoms with Crippen LogP contribution in [0.1, 0.15) is 27.9 Å².